The van der Waals surface area contributed by atoms with Crippen molar-refractivity contribution in [1.82, 2.24) is 25.2 Å². The van der Waals surface area contributed by atoms with Crippen LogP contribution < -0.4 is 15.4 Å². The Morgan fingerprint density at radius 1 is 1.25 bits per heavy atom. The Morgan fingerprint density at radius 3 is 2.69 bits per heavy atom. The summed E-state index contributed by atoms with van der Waals surface area (Å²) in [5.41, 5.74) is 6.75. The van der Waals surface area contributed by atoms with E-state index in [0.717, 1.165) is 23.5 Å². The van der Waals surface area contributed by atoms with Crippen LogP contribution in [0.5, 0.6) is 6.01 Å². The standard InChI is InChI=1S/C25H29N5O2/c1-15-11-16(2)26-12-20(15)13-27-24(31)22-18(4)30(17(3)19-9-7-6-8-10-19)23-21(22)14-28-25(29-23)32-5/h6-11,14,17,26H,12-13H2,1-5H3,(H,27,31)/t17-/m1/s1. The molecule has 2 aromatic heterocycles. The molecule has 4 rings (SSSR count). The maximum absolute atomic E-state index is 13.4. The van der Waals surface area contributed by atoms with Crippen LogP contribution in [-0.2, 0) is 0 Å². The van der Waals surface area contributed by atoms with Crippen molar-refractivity contribution in [2.45, 2.75) is 33.7 Å². The number of hydrogen-bond donors (Lipinski definition) is 2. The Balaban J connectivity index is 1.74. The molecular weight excluding hydrogens is 402 g/mol. The lowest BCUT2D eigenvalue weighted by atomic mass is 10.0. The lowest BCUT2D eigenvalue weighted by Crippen LogP contribution is -2.31. The van der Waals surface area contributed by atoms with Crippen molar-refractivity contribution in [3.8, 4) is 6.01 Å². The van der Waals surface area contributed by atoms with Gasteiger partial charge < -0.3 is 19.9 Å². The first-order valence-corrected chi connectivity index (χ1v) is 10.8. The zero-order valence-electron chi connectivity index (χ0n) is 19.2. The van der Waals surface area contributed by atoms with Crippen LogP contribution in [0.4, 0.5) is 0 Å². The number of fused-ring (bicyclic) bond motifs is 1. The first-order chi connectivity index (χ1) is 15.4. The van der Waals surface area contributed by atoms with Crippen LogP contribution in [-0.4, -0.2) is 40.6 Å². The van der Waals surface area contributed by atoms with Crippen LogP contribution in [0.1, 0.15) is 48.4 Å². The molecule has 0 fully saturated rings. The van der Waals surface area contributed by atoms with Crippen molar-refractivity contribution in [1.29, 1.82) is 0 Å². The van der Waals surface area contributed by atoms with Crippen LogP contribution in [0.3, 0.4) is 0 Å². The number of amides is 1. The minimum Gasteiger partial charge on any atom is -0.467 e. The predicted octanol–water partition coefficient (Wildman–Crippen LogP) is 3.91. The fourth-order valence-corrected chi connectivity index (χ4v) is 4.27. The number of carbonyl (C=O) groups excluding carboxylic acids is 1. The summed E-state index contributed by atoms with van der Waals surface area (Å²) in [4.78, 5) is 22.2. The summed E-state index contributed by atoms with van der Waals surface area (Å²) in [6.45, 7) is 9.40. The molecule has 3 heterocycles. The van der Waals surface area contributed by atoms with Gasteiger partial charge in [0.2, 0.25) is 0 Å². The van der Waals surface area contributed by atoms with Crippen LogP contribution in [0.15, 0.2) is 59.4 Å². The summed E-state index contributed by atoms with van der Waals surface area (Å²) in [7, 11) is 1.54. The molecule has 1 aliphatic heterocycles. The average molecular weight is 432 g/mol. The molecule has 166 valence electrons. The van der Waals surface area contributed by atoms with E-state index in [9.17, 15) is 4.79 Å². The molecule has 1 aliphatic rings. The second-order valence-electron chi connectivity index (χ2n) is 8.16. The van der Waals surface area contributed by atoms with Gasteiger partial charge in [0.05, 0.1) is 24.1 Å². The average Bonchev–Trinajstić information content (AvgIpc) is 3.09. The Morgan fingerprint density at radius 2 is 2.00 bits per heavy atom. The molecule has 0 spiro atoms. The highest BCUT2D eigenvalue weighted by molar-refractivity contribution is 6.07. The van der Waals surface area contributed by atoms with Crippen molar-refractivity contribution in [2.24, 2.45) is 0 Å². The summed E-state index contributed by atoms with van der Waals surface area (Å²) < 4.78 is 7.35. The lowest BCUT2D eigenvalue weighted by Gasteiger charge is -2.19. The number of ether oxygens (including phenoxy) is 1. The molecule has 1 atom stereocenters. The SMILES string of the molecule is COc1ncc2c(C(=O)NCC3=C(C)C=C(C)NC3)c(C)n([C@H](C)c3ccccc3)c2n1. The van der Waals surface area contributed by atoms with Crippen molar-refractivity contribution < 1.29 is 9.53 Å². The number of nitrogens with zero attached hydrogens (tertiary/aromatic N) is 3. The monoisotopic (exact) mass is 431 g/mol. The molecule has 0 saturated heterocycles. The van der Waals surface area contributed by atoms with E-state index in [2.05, 4.69) is 57.2 Å². The van der Waals surface area contributed by atoms with E-state index >= 15 is 0 Å². The largest absolute Gasteiger partial charge is 0.467 e. The van der Waals surface area contributed by atoms with Crippen LogP contribution >= 0.6 is 0 Å². The second-order valence-corrected chi connectivity index (χ2v) is 8.16. The van der Waals surface area contributed by atoms with Crippen molar-refractivity contribution in [3.05, 3.63) is 76.3 Å². The smallest absolute Gasteiger partial charge is 0.318 e. The molecule has 0 unspecified atom stereocenters. The fraction of sp³-hybridized carbons (Fsp3) is 0.320. The molecule has 3 aromatic rings. The van der Waals surface area contributed by atoms with E-state index in [1.54, 1.807) is 13.3 Å². The van der Waals surface area contributed by atoms with Crippen LogP contribution in [0, 0.1) is 6.92 Å². The van der Waals surface area contributed by atoms with Gasteiger partial charge in [0.1, 0.15) is 5.65 Å². The van der Waals surface area contributed by atoms with Crippen molar-refractivity contribution in [3.63, 3.8) is 0 Å². The summed E-state index contributed by atoms with van der Waals surface area (Å²) in [6.07, 6.45) is 3.78. The third kappa shape index (κ3) is 3.98. The molecule has 1 aromatic carbocycles. The van der Waals surface area contributed by atoms with E-state index in [4.69, 9.17) is 4.74 Å². The zero-order chi connectivity index (χ0) is 22.8. The molecule has 7 heteroatoms. The van der Waals surface area contributed by atoms with Gasteiger partial charge >= 0.3 is 6.01 Å². The number of hydrogen-bond acceptors (Lipinski definition) is 5. The van der Waals surface area contributed by atoms with Crippen LogP contribution in [0.25, 0.3) is 11.0 Å². The maximum Gasteiger partial charge on any atom is 0.318 e. The molecule has 0 aliphatic carbocycles. The highest BCUT2D eigenvalue weighted by Crippen LogP contribution is 2.31. The summed E-state index contributed by atoms with van der Waals surface area (Å²) in [5, 5.41) is 7.15. The van der Waals surface area contributed by atoms with Gasteiger partial charge in [0, 0.05) is 30.7 Å². The minimum absolute atomic E-state index is 0.0135. The van der Waals surface area contributed by atoms with Gasteiger partial charge in [-0.25, -0.2) is 4.98 Å². The number of allylic oxidation sites excluding steroid dienone is 3. The predicted molar refractivity (Wildman–Crippen MR) is 126 cm³/mol. The normalized spacial score (nSPS) is 14.7. The third-order valence-corrected chi connectivity index (χ3v) is 6.08. The number of aromatic nitrogens is 3. The quantitative estimate of drug-likeness (QED) is 0.619. The molecule has 2 N–H and O–H groups in total. The first-order valence-electron chi connectivity index (χ1n) is 10.8. The number of methoxy groups -OCH3 is 1. The van der Waals surface area contributed by atoms with E-state index in [1.807, 2.05) is 32.0 Å². The van der Waals surface area contributed by atoms with Gasteiger partial charge in [0.15, 0.2) is 0 Å². The van der Waals surface area contributed by atoms with E-state index < -0.39 is 0 Å². The van der Waals surface area contributed by atoms with E-state index in [-0.39, 0.29) is 18.0 Å². The van der Waals surface area contributed by atoms with Gasteiger partial charge in [-0.05, 0) is 50.5 Å². The zero-order valence-corrected chi connectivity index (χ0v) is 19.2. The summed E-state index contributed by atoms with van der Waals surface area (Å²) >= 11 is 0. The number of nitrogens with one attached hydrogen (secondary N) is 2. The molecule has 0 radical (unpaired) electrons. The van der Waals surface area contributed by atoms with Crippen molar-refractivity contribution >= 4 is 16.9 Å². The summed E-state index contributed by atoms with van der Waals surface area (Å²) in [5.74, 6) is -0.133. The molecule has 0 saturated carbocycles. The highest BCUT2D eigenvalue weighted by Gasteiger charge is 2.25. The first kappa shape index (κ1) is 21.6. The van der Waals surface area contributed by atoms with E-state index in [0.29, 0.717) is 23.1 Å². The Labute approximate surface area is 188 Å². The van der Waals surface area contributed by atoms with Gasteiger partial charge in [-0.2, -0.15) is 4.98 Å². The Hall–Kier alpha value is -3.61. The minimum atomic E-state index is -0.133. The van der Waals surface area contributed by atoms with Crippen LogP contribution in [0.2, 0.25) is 0 Å². The van der Waals surface area contributed by atoms with Gasteiger partial charge in [-0.3, -0.25) is 4.79 Å². The van der Waals surface area contributed by atoms with Gasteiger partial charge in [-0.1, -0.05) is 30.3 Å². The molecule has 32 heavy (non-hydrogen) atoms. The fourth-order valence-electron chi connectivity index (χ4n) is 4.27. The number of dihydropyridines is 1. The number of carbonyl (C=O) groups is 1. The maximum atomic E-state index is 13.4. The molecular formula is C25H29N5O2. The topological polar surface area (TPSA) is 81.1 Å². The second kappa shape index (κ2) is 8.86. The lowest BCUT2D eigenvalue weighted by molar-refractivity contribution is 0.0957. The van der Waals surface area contributed by atoms with Gasteiger partial charge in [0.25, 0.3) is 5.91 Å². The molecule has 7 nitrogen and oxygen atoms in total. The Bertz CT molecular complexity index is 1220. The van der Waals surface area contributed by atoms with Crippen molar-refractivity contribution in [2.75, 3.05) is 20.2 Å². The van der Waals surface area contributed by atoms with Gasteiger partial charge in [-0.15, -0.1) is 0 Å². The molecule has 1 amide bonds. The number of rotatable bonds is 6. The van der Waals surface area contributed by atoms with E-state index in [1.165, 1.54) is 11.1 Å². The third-order valence-electron chi connectivity index (χ3n) is 6.08. The Kier molecular flexibility index (Phi) is 5.99. The summed E-state index contributed by atoms with van der Waals surface area (Å²) in [6, 6.07) is 10.4. The highest BCUT2D eigenvalue weighted by atomic mass is 16.5. The molecule has 0 bridgehead atoms. The number of benzene rings is 1.